The van der Waals surface area contributed by atoms with Crippen molar-refractivity contribution < 1.29 is 0 Å². The molecule has 0 fully saturated rings. The molecule has 0 atom stereocenters. The van der Waals surface area contributed by atoms with Crippen molar-refractivity contribution in [1.29, 1.82) is 0 Å². The van der Waals surface area contributed by atoms with Gasteiger partial charge in [0, 0.05) is 39.4 Å². The highest BCUT2D eigenvalue weighted by Crippen LogP contribution is 2.49. The Morgan fingerprint density at radius 3 is 1.48 bits per heavy atom. The van der Waals surface area contributed by atoms with Crippen LogP contribution in [-0.4, -0.2) is 4.98 Å². The molecule has 0 spiro atoms. The smallest absolute Gasteiger partial charge is 0.0723 e. The highest BCUT2D eigenvalue weighted by Gasteiger charge is 2.23. The van der Waals surface area contributed by atoms with E-state index in [0.29, 0.717) is 0 Å². The van der Waals surface area contributed by atoms with E-state index < -0.39 is 0 Å². The van der Waals surface area contributed by atoms with Crippen molar-refractivity contribution in [3.05, 3.63) is 237 Å². The van der Waals surface area contributed by atoms with Gasteiger partial charge >= 0.3 is 0 Å². The van der Waals surface area contributed by atoms with Gasteiger partial charge in [-0.3, -0.25) is 4.98 Å². The lowest BCUT2D eigenvalue weighted by Gasteiger charge is -2.29. The first-order valence-electron chi connectivity index (χ1n) is 21.9. The molecule has 1 heterocycles. The number of pyridine rings is 1. The summed E-state index contributed by atoms with van der Waals surface area (Å²) in [6, 6.07) is 84.2. The molecule has 0 saturated carbocycles. The molecule has 13 rings (SSSR count). The van der Waals surface area contributed by atoms with Crippen LogP contribution in [0.4, 0.5) is 34.1 Å². The van der Waals surface area contributed by atoms with Crippen LogP contribution in [0.1, 0.15) is 0 Å². The van der Waals surface area contributed by atoms with Crippen molar-refractivity contribution in [2.24, 2.45) is 0 Å². The monoisotopic (exact) mass is 813 g/mol. The summed E-state index contributed by atoms with van der Waals surface area (Å²) >= 11 is 0. The van der Waals surface area contributed by atoms with Crippen LogP contribution in [0.3, 0.4) is 0 Å². The third kappa shape index (κ3) is 5.72. The quantitative estimate of drug-likeness (QED) is 0.149. The number of benzene rings is 12. The van der Waals surface area contributed by atoms with Gasteiger partial charge < -0.3 is 9.80 Å². The van der Waals surface area contributed by atoms with Crippen molar-refractivity contribution >= 4 is 110 Å². The molecule has 0 aliphatic heterocycles. The van der Waals surface area contributed by atoms with E-state index in [-0.39, 0.29) is 0 Å². The first-order valence-corrected chi connectivity index (χ1v) is 21.9. The van der Waals surface area contributed by atoms with E-state index in [9.17, 15) is 0 Å². The van der Waals surface area contributed by atoms with Crippen molar-refractivity contribution in [2.45, 2.75) is 0 Å². The summed E-state index contributed by atoms with van der Waals surface area (Å²) in [5.74, 6) is 0. The average Bonchev–Trinajstić information content (AvgIpc) is 3.36. The molecule has 1 aromatic heterocycles. The molecule has 0 saturated heterocycles. The minimum absolute atomic E-state index is 0.971. The molecule has 0 radical (unpaired) electrons. The van der Waals surface area contributed by atoms with Crippen molar-refractivity contribution in [3.63, 3.8) is 0 Å². The first kappa shape index (κ1) is 36.2. The molecule has 0 aliphatic rings. The molecular weight excluding hydrogens is 775 g/mol. The van der Waals surface area contributed by atoms with Crippen LogP contribution in [0.25, 0.3) is 86.7 Å². The Morgan fingerprint density at radius 1 is 0.266 bits per heavy atom. The minimum atomic E-state index is 0.971. The molecule has 12 aromatic carbocycles. The number of hydrogen-bond donors (Lipinski definition) is 0. The molecule has 298 valence electrons. The molecule has 3 heteroatoms. The van der Waals surface area contributed by atoms with Crippen molar-refractivity contribution in [3.8, 4) is 11.1 Å². The van der Waals surface area contributed by atoms with E-state index >= 15 is 0 Å². The van der Waals surface area contributed by atoms with Gasteiger partial charge in [0.2, 0.25) is 0 Å². The summed E-state index contributed by atoms with van der Waals surface area (Å²) in [5, 5.41) is 15.8. The number of aromatic nitrogens is 1. The zero-order chi connectivity index (χ0) is 42.1. The number of rotatable bonds is 7. The Kier molecular flexibility index (Phi) is 8.22. The zero-order valence-electron chi connectivity index (χ0n) is 34.9. The fourth-order valence-corrected chi connectivity index (χ4v) is 10.2. The second-order valence-corrected chi connectivity index (χ2v) is 16.7. The number of nitrogens with zero attached hydrogens (tertiary/aromatic N) is 3. The molecule has 0 aliphatic carbocycles. The molecule has 0 bridgehead atoms. The van der Waals surface area contributed by atoms with E-state index in [4.69, 9.17) is 4.98 Å². The number of anilines is 6. The SMILES string of the molecule is c1ccc(N(c2ccnc3ccccc23)c2ccc3ccc4c(-c5ccc(N(c6ccc7ccccc7c6)c6ccc7ccccc7c6)c6ccccc56)ccc5ccc2c3c54)cc1. The van der Waals surface area contributed by atoms with Crippen LogP contribution in [0.5, 0.6) is 0 Å². The van der Waals surface area contributed by atoms with Gasteiger partial charge in [-0.15, -0.1) is 0 Å². The second-order valence-electron chi connectivity index (χ2n) is 16.7. The van der Waals surface area contributed by atoms with E-state index in [1.807, 2.05) is 6.20 Å². The Morgan fingerprint density at radius 2 is 0.750 bits per heavy atom. The topological polar surface area (TPSA) is 19.4 Å². The summed E-state index contributed by atoms with van der Waals surface area (Å²) in [6.45, 7) is 0. The number of hydrogen-bond acceptors (Lipinski definition) is 3. The van der Waals surface area contributed by atoms with Crippen LogP contribution in [0, 0.1) is 0 Å². The van der Waals surface area contributed by atoms with Gasteiger partial charge in [-0.2, -0.15) is 0 Å². The summed E-state index contributed by atoms with van der Waals surface area (Å²) in [6.07, 6.45) is 1.92. The Bertz CT molecular complexity index is 3850. The third-order valence-corrected chi connectivity index (χ3v) is 13.2. The Labute approximate surface area is 370 Å². The zero-order valence-corrected chi connectivity index (χ0v) is 34.9. The van der Waals surface area contributed by atoms with E-state index in [0.717, 1.165) is 45.0 Å². The van der Waals surface area contributed by atoms with Crippen LogP contribution in [0.15, 0.2) is 237 Å². The maximum absolute atomic E-state index is 4.74. The van der Waals surface area contributed by atoms with Gasteiger partial charge in [0.25, 0.3) is 0 Å². The average molecular weight is 814 g/mol. The summed E-state index contributed by atoms with van der Waals surface area (Å²) in [7, 11) is 0. The molecule has 13 aromatic rings. The molecule has 0 amide bonds. The van der Waals surface area contributed by atoms with Gasteiger partial charge in [0.05, 0.1) is 22.6 Å². The maximum atomic E-state index is 4.74. The highest BCUT2D eigenvalue weighted by atomic mass is 15.2. The lowest BCUT2D eigenvalue weighted by atomic mass is 9.87. The van der Waals surface area contributed by atoms with Crippen LogP contribution in [-0.2, 0) is 0 Å². The predicted octanol–water partition coefficient (Wildman–Crippen LogP) is 17.2. The van der Waals surface area contributed by atoms with Crippen molar-refractivity contribution in [1.82, 2.24) is 4.98 Å². The number of para-hydroxylation sites is 2. The normalized spacial score (nSPS) is 11.8. The fourth-order valence-electron chi connectivity index (χ4n) is 10.2. The lowest BCUT2D eigenvalue weighted by Crippen LogP contribution is -2.11. The number of fused-ring (bicyclic) bond motifs is 4. The summed E-state index contributed by atoms with van der Waals surface area (Å²) in [4.78, 5) is 9.57. The summed E-state index contributed by atoms with van der Waals surface area (Å²) < 4.78 is 0. The lowest BCUT2D eigenvalue weighted by molar-refractivity contribution is 1.29. The largest absolute Gasteiger partial charge is 0.310 e. The van der Waals surface area contributed by atoms with Gasteiger partial charge in [-0.25, -0.2) is 0 Å². The van der Waals surface area contributed by atoms with Gasteiger partial charge in [-0.1, -0.05) is 170 Å². The highest BCUT2D eigenvalue weighted by molar-refractivity contribution is 6.29. The summed E-state index contributed by atoms with van der Waals surface area (Å²) in [5.41, 5.74) is 10.1. The molecule has 3 nitrogen and oxygen atoms in total. The fraction of sp³-hybridized carbons (Fsp3) is 0. The van der Waals surface area contributed by atoms with Crippen molar-refractivity contribution in [2.75, 3.05) is 9.80 Å². The first-order chi connectivity index (χ1) is 31.7. The van der Waals surface area contributed by atoms with E-state index in [1.165, 1.54) is 75.8 Å². The maximum Gasteiger partial charge on any atom is 0.0723 e. The predicted molar refractivity (Wildman–Crippen MR) is 273 cm³/mol. The van der Waals surface area contributed by atoms with Gasteiger partial charge in [0.15, 0.2) is 0 Å². The van der Waals surface area contributed by atoms with Crippen LogP contribution in [0.2, 0.25) is 0 Å². The standard InChI is InChI=1S/C61H39N3/c1-2-16-46(17-3-1)64(59-36-37-62-56-21-11-10-20-54(56)59)58-34-27-43-25-31-53-51(30-24-42-26-32-55(58)61(43)60(42)53)50-33-35-57(52-19-9-8-18-49(50)52)63(47-28-22-40-12-4-6-14-44(40)38-47)48-29-23-41-13-5-7-15-45(41)39-48/h1-39H. The molecule has 0 N–H and O–H groups in total. The molecule has 0 unspecified atom stereocenters. The molecule has 64 heavy (non-hydrogen) atoms. The van der Waals surface area contributed by atoms with Gasteiger partial charge in [-0.05, 0) is 126 Å². The Balaban J connectivity index is 1.02. The second kappa shape index (κ2) is 14.5. The van der Waals surface area contributed by atoms with Crippen LogP contribution >= 0.6 is 0 Å². The van der Waals surface area contributed by atoms with E-state index in [1.54, 1.807) is 0 Å². The third-order valence-electron chi connectivity index (χ3n) is 13.2. The molecular formula is C61H39N3. The minimum Gasteiger partial charge on any atom is -0.310 e. The van der Waals surface area contributed by atoms with Crippen LogP contribution < -0.4 is 9.80 Å². The van der Waals surface area contributed by atoms with Gasteiger partial charge in [0.1, 0.15) is 0 Å². The Hall–Kier alpha value is -8.53. The van der Waals surface area contributed by atoms with E-state index in [2.05, 4.69) is 240 Å².